The molecular formula is C23H29N3O5. The minimum absolute atomic E-state index is 0.0812. The second-order valence-corrected chi connectivity index (χ2v) is 8.14. The van der Waals surface area contributed by atoms with E-state index in [-0.39, 0.29) is 29.4 Å². The molecule has 8 nitrogen and oxygen atoms in total. The lowest BCUT2D eigenvalue weighted by molar-refractivity contribution is -0.137. The summed E-state index contributed by atoms with van der Waals surface area (Å²) in [6, 6.07) is 8.94. The Labute approximate surface area is 182 Å². The van der Waals surface area contributed by atoms with Crippen LogP contribution in [0.15, 0.2) is 41.0 Å². The number of carbonyl (C=O) groups excluding carboxylic acids is 2. The molecule has 0 N–H and O–H groups in total. The molecular weight excluding hydrogens is 398 g/mol. The van der Waals surface area contributed by atoms with Gasteiger partial charge in [-0.1, -0.05) is 0 Å². The number of hydrogen-bond donors (Lipinski definition) is 0. The first-order valence-electron chi connectivity index (χ1n) is 10.5. The summed E-state index contributed by atoms with van der Waals surface area (Å²) in [5.74, 6) is 0.985. The van der Waals surface area contributed by atoms with E-state index in [9.17, 15) is 9.59 Å². The fourth-order valence-electron chi connectivity index (χ4n) is 4.48. The van der Waals surface area contributed by atoms with Crippen molar-refractivity contribution >= 4 is 11.8 Å². The summed E-state index contributed by atoms with van der Waals surface area (Å²) in [7, 11) is 5.29. The lowest BCUT2D eigenvalue weighted by Gasteiger charge is -2.35. The molecule has 2 saturated heterocycles. The maximum absolute atomic E-state index is 13.6. The summed E-state index contributed by atoms with van der Waals surface area (Å²) in [5, 5.41) is 0. The first-order valence-corrected chi connectivity index (χ1v) is 10.5. The van der Waals surface area contributed by atoms with Crippen molar-refractivity contribution in [2.75, 3.05) is 60.5 Å². The first-order chi connectivity index (χ1) is 15.0. The van der Waals surface area contributed by atoms with E-state index in [1.165, 1.54) is 6.26 Å². The summed E-state index contributed by atoms with van der Waals surface area (Å²) in [6.45, 7) is 3.84. The zero-order chi connectivity index (χ0) is 22.0. The number of hydrogen-bond acceptors (Lipinski definition) is 6. The zero-order valence-corrected chi connectivity index (χ0v) is 18.2. The Morgan fingerprint density at radius 1 is 1.00 bits per heavy atom. The molecule has 2 aromatic rings. The molecule has 2 aliphatic rings. The van der Waals surface area contributed by atoms with Crippen LogP contribution in [0.4, 0.5) is 0 Å². The molecule has 31 heavy (non-hydrogen) atoms. The van der Waals surface area contributed by atoms with E-state index in [1.54, 1.807) is 31.3 Å². The van der Waals surface area contributed by atoms with Crippen LogP contribution in [0.25, 0.3) is 0 Å². The quantitative estimate of drug-likeness (QED) is 0.726. The van der Waals surface area contributed by atoms with E-state index in [0.717, 1.165) is 18.7 Å². The van der Waals surface area contributed by atoms with Crippen molar-refractivity contribution in [3.05, 3.63) is 47.9 Å². The molecule has 0 aliphatic carbocycles. The molecule has 2 fully saturated rings. The Morgan fingerprint density at radius 2 is 1.77 bits per heavy atom. The molecule has 0 radical (unpaired) electrons. The van der Waals surface area contributed by atoms with Crippen molar-refractivity contribution in [1.82, 2.24) is 14.7 Å². The molecule has 0 spiro atoms. The van der Waals surface area contributed by atoms with Crippen molar-refractivity contribution in [3.8, 4) is 11.5 Å². The molecule has 3 heterocycles. The average molecular weight is 428 g/mol. The van der Waals surface area contributed by atoms with E-state index in [2.05, 4.69) is 11.9 Å². The third-order valence-electron chi connectivity index (χ3n) is 6.31. The molecule has 0 saturated carbocycles. The predicted octanol–water partition coefficient (Wildman–Crippen LogP) is 1.93. The van der Waals surface area contributed by atoms with Gasteiger partial charge in [0, 0.05) is 50.7 Å². The molecule has 2 atom stereocenters. The van der Waals surface area contributed by atoms with Gasteiger partial charge in [-0.3, -0.25) is 9.59 Å². The summed E-state index contributed by atoms with van der Waals surface area (Å²) in [5.41, 5.74) is 0.879. The highest BCUT2D eigenvalue weighted by atomic mass is 16.5. The SMILES string of the molecule is COc1ccc(OC)c(C2CN(C(=O)c3ccco3)CC2C(=O)N2CCN(C)CC2)c1. The number of benzene rings is 1. The number of amides is 2. The predicted molar refractivity (Wildman–Crippen MR) is 114 cm³/mol. The Balaban J connectivity index is 1.66. The summed E-state index contributed by atoms with van der Waals surface area (Å²) < 4.78 is 16.3. The van der Waals surface area contributed by atoms with Gasteiger partial charge >= 0.3 is 0 Å². The largest absolute Gasteiger partial charge is 0.497 e. The number of likely N-dealkylation sites (tertiary alicyclic amines) is 1. The Bertz CT molecular complexity index is 921. The second-order valence-electron chi connectivity index (χ2n) is 8.14. The van der Waals surface area contributed by atoms with Crippen LogP contribution in [0, 0.1) is 5.92 Å². The number of piperazine rings is 1. The number of rotatable bonds is 5. The third kappa shape index (κ3) is 4.25. The summed E-state index contributed by atoms with van der Waals surface area (Å²) in [6.07, 6.45) is 1.48. The normalized spacial score (nSPS) is 21.9. The highest BCUT2D eigenvalue weighted by Crippen LogP contribution is 2.40. The lowest BCUT2D eigenvalue weighted by Crippen LogP contribution is -2.50. The topological polar surface area (TPSA) is 75.5 Å². The van der Waals surface area contributed by atoms with E-state index in [4.69, 9.17) is 13.9 Å². The van der Waals surface area contributed by atoms with Crippen LogP contribution in [0.2, 0.25) is 0 Å². The molecule has 2 amide bonds. The molecule has 1 aromatic carbocycles. The Morgan fingerprint density at radius 3 is 2.42 bits per heavy atom. The Hall–Kier alpha value is -3.00. The molecule has 2 aliphatic heterocycles. The zero-order valence-electron chi connectivity index (χ0n) is 18.2. The van der Waals surface area contributed by atoms with E-state index in [1.807, 2.05) is 23.1 Å². The highest BCUT2D eigenvalue weighted by molar-refractivity contribution is 5.93. The van der Waals surface area contributed by atoms with Crippen molar-refractivity contribution in [3.63, 3.8) is 0 Å². The van der Waals surface area contributed by atoms with Crippen LogP contribution in [-0.4, -0.2) is 87.0 Å². The van der Waals surface area contributed by atoms with Gasteiger partial charge in [0.15, 0.2) is 5.76 Å². The molecule has 166 valence electrons. The maximum atomic E-state index is 13.6. The van der Waals surface area contributed by atoms with Crippen molar-refractivity contribution in [1.29, 1.82) is 0 Å². The van der Waals surface area contributed by atoms with Gasteiger partial charge in [0.1, 0.15) is 11.5 Å². The maximum Gasteiger partial charge on any atom is 0.289 e. The highest BCUT2D eigenvalue weighted by Gasteiger charge is 2.44. The fraction of sp³-hybridized carbons (Fsp3) is 0.478. The van der Waals surface area contributed by atoms with Crippen molar-refractivity contribution in [2.24, 2.45) is 5.92 Å². The standard InChI is InChI=1S/C23H29N3O5/c1-24-8-10-25(11-9-24)22(27)19-15-26(23(28)21-5-4-12-31-21)14-18(19)17-13-16(29-2)6-7-20(17)30-3/h4-7,12-13,18-19H,8-11,14-15H2,1-3H3. The monoisotopic (exact) mass is 427 g/mol. The Kier molecular flexibility index (Phi) is 6.18. The number of furan rings is 1. The van der Waals surface area contributed by atoms with Gasteiger partial charge in [0.05, 0.1) is 26.4 Å². The van der Waals surface area contributed by atoms with Gasteiger partial charge < -0.3 is 28.6 Å². The molecule has 1 aromatic heterocycles. The van der Waals surface area contributed by atoms with Crippen molar-refractivity contribution in [2.45, 2.75) is 5.92 Å². The number of carbonyl (C=O) groups is 2. The van der Waals surface area contributed by atoms with E-state index >= 15 is 0 Å². The molecule has 2 unspecified atom stereocenters. The summed E-state index contributed by atoms with van der Waals surface area (Å²) >= 11 is 0. The van der Waals surface area contributed by atoms with Gasteiger partial charge in [-0.25, -0.2) is 0 Å². The number of methoxy groups -OCH3 is 2. The number of likely N-dealkylation sites (N-methyl/N-ethyl adjacent to an activating group) is 1. The van der Waals surface area contributed by atoms with Crippen LogP contribution in [-0.2, 0) is 4.79 Å². The lowest BCUT2D eigenvalue weighted by atomic mass is 9.87. The third-order valence-corrected chi connectivity index (χ3v) is 6.31. The van der Waals surface area contributed by atoms with Gasteiger partial charge in [-0.05, 0) is 37.4 Å². The van der Waals surface area contributed by atoms with Crippen LogP contribution < -0.4 is 9.47 Å². The van der Waals surface area contributed by atoms with Gasteiger partial charge in [0.2, 0.25) is 5.91 Å². The van der Waals surface area contributed by atoms with Gasteiger partial charge in [0.25, 0.3) is 5.91 Å². The minimum atomic E-state index is -0.358. The second kappa shape index (κ2) is 9.01. The van der Waals surface area contributed by atoms with Crippen LogP contribution in [0.1, 0.15) is 22.0 Å². The minimum Gasteiger partial charge on any atom is -0.497 e. The van der Waals surface area contributed by atoms with E-state index < -0.39 is 0 Å². The van der Waals surface area contributed by atoms with Crippen LogP contribution >= 0.6 is 0 Å². The van der Waals surface area contributed by atoms with E-state index in [0.29, 0.717) is 37.7 Å². The van der Waals surface area contributed by atoms with Gasteiger partial charge in [-0.15, -0.1) is 0 Å². The smallest absolute Gasteiger partial charge is 0.289 e. The average Bonchev–Trinajstić information content (AvgIpc) is 3.49. The van der Waals surface area contributed by atoms with Gasteiger partial charge in [-0.2, -0.15) is 0 Å². The van der Waals surface area contributed by atoms with Crippen LogP contribution in [0.3, 0.4) is 0 Å². The summed E-state index contributed by atoms with van der Waals surface area (Å²) in [4.78, 5) is 32.4. The molecule has 0 bridgehead atoms. The fourth-order valence-corrected chi connectivity index (χ4v) is 4.48. The van der Waals surface area contributed by atoms with Crippen molar-refractivity contribution < 1.29 is 23.5 Å². The molecule has 4 rings (SSSR count). The van der Waals surface area contributed by atoms with Crippen LogP contribution in [0.5, 0.6) is 11.5 Å². The molecule has 8 heteroatoms. The first kappa shape index (κ1) is 21.2. The number of ether oxygens (including phenoxy) is 2. The number of nitrogens with zero attached hydrogens (tertiary/aromatic N) is 3.